The number of amides is 2. The van der Waals surface area contributed by atoms with Crippen LogP contribution in [-0.4, -0.2) is 37.7 Å². The largest absolute Gasteiger partial charge is 0.497 e. The fraction of sp³-hybridized carbons (Fsp3) is 0.409. The molecule has 0 spiro atoms. The van der Waals surface area contributed by atoms with E-state index in [-0.39, 0.29) is 12.1 Å². The molecule has 2 heterocycles. The van der Waals surface area contributed by atoms with E-state index >= 15 is 0 Å². The molecule has 2 fully saturated rings. The van der Waals surface area contributed by atoms with Gasteiger partial charge in [0.1, 0.15) is 5.75 Å². The van der Waals surface area contributed by atoms with E-state index in [2.05, 4.69) is 34.5 Å². The average Bonchev–Trinajstić information content (AvgIpc) is 3.40. The molecule has 2 saturated heterocycles. The van der Waals surface area contributed by atoms with Crippen molar-refractivity contribution in [1.82, 2.24) is 4.90 Å². The molecule has 2 aromatic rings. The Balaban J connectivity index is 1.46. The Kier molecular flexibility index (Phi) is 5.19. The summed E-state index contributed by atoms with van der Waals surface area (Å²) in [7, 11) is 1.67. The summed E-state index contributed by atoms with van der Waals surface area (Å²) in [5, 5.41) is 3.11. The Morgan fingerprint density at radius 1 is 1.04 bits per heavy atom. The third-order valence-electron chi connectivity index (χ3n) is 5.58. The number of ether oxygens (including phenoxy) is 1. The number of anilines is 2. The molecular formula is C22H27N3O2. The maximum atomic E-state index is 12.9. The Labute approximate surface area is 160 Å². The summed E-state index contributed by atoms with van der Waals surface area (Å²) in [5.74, 6) is 0.839. The zero-order valence-electron chi connectivity index (χ0n) is 15.9. The molecule has 0 aromatic heterocycles. The highest BCUT2D eigenvalue weighted by Gasteiger charge is 2.30. The molecule has 1 atom stereocenters. The van der Waals surface area contributed by atoms with Crippen molar-refractivity contribution in [3.8, 4) is 5.75 Å². The molecule has 4 rings (SSSR count). The molecule has 2 aliphatic rings. The number of methoxy groups -OCH3 is 1. The highest BCUT2D eigenvalue weighted by molar-refractivity contribution is 5.90. The van der Waals surface area contributed by atoms with Crippen molar-refractivity contribution < 1.29 is 9.53 Å². The van der Waals surface area contributed by atoms with Crippen LogP contribution in [0.3, 0.4) is 0 Å². The van der Waals surface area contributed by atoms with Gasteiger partial charge >= 0.3 is 6.03 Å². The second-order valence-corrected chi connectivity index (χ2v) is 7.30. The number of likely N-dealkylation sites (tertiary alicyclic amines) is 1. The molecule has 1 N–H and O–H groups in total. The van der Waals surface area contributed by atoms with E-state index in [9.17, 15) is 4.79 Å². The van der Waals surface area contributed by atoms with Crippen LogP contribution in [0.4, 0.5) is 16.2 Å². The maximum absolute atomic E-state index is 12.9. The van der Waals surface area contributed by atoms with Gasteiger partial charge in [0.2, 0.25) is 0 Å². The molecule has 5 nitrogen and oxygen atoms in total. The summed E-state index contributed by atoms with van der Waals surface area (Å²) in [6.07, 6.45) is 4.51. The average molecular weight is 365 g/mol. The fourth-order valence-electron chi connectivity index (χ4n) is 4.13. The number of hydrogen-bond acceptors (Lipinski definition) is 3. The molecule has 2 aromatic carbocycles. The maximum Gasteiger partial charge on any atom is 0.322 e. The van der Waals surface area contributed by atoms with E-state index in [1.54, 1.807) is 7.11 Å². The number of nitrogens with zero attached hydrogens (tertiary/aromatic N) is 2. The second-order valence-electron chi connectivity index (χ2n) is 7.30. The molecule has 0 aliphatic carbocycles. The number of benzene rings is 2. The predicted octanol–water partition coefficient (Wildman–Crippen LogP) is 4.66. The van der Waals surface area contributed by atoms with Crippen LogP contribution in [0.15, 0.2) is 48.5 Å². The van der Waals surface area contributed by atoms with Crippen molar-refractivity contribution >= 4 is 17.4 Å². The summed E-state index contributed by atoms with van der Waals surface area (Å²) in [6.45, 7) is 2.99. The predicted molar refractivity (Wildman–Crippen MR) is 109 cm³/mol. The summed E-state index contributed by atoms with van der Waals surface area (Å²) < 4.78 is 5.24. The van der Waals surface area contributed by atoms with Crippen LogP contribution in [-0.2, 0) is 0 Å². The first-order valence-corrected chi connectivity index (χ1v) is 9.81. The molecule has 2 amide bonds. The van der Waals surface area contributed by atoms with E-state index in [0.717, 1.165) is 49.5 Å². The van der Waals surface area contributed by atoms with Gasteiger partial charge in [-0.25, -0.2) is 4.79 Å². The summed E-state index contributed by atoms with van der Waals surface area (Å²) >= 11 is 0. The van der Waals surface area contributed by atoms with Crippen LogP contribution in [0, 0.1) is 0 Å². The monoisotopic (exact) mass is 365 g/mol. The number of urea groups is 1. The van der Waals surface area contributed by atoms with E-state index in [1.165, 1.54) is 18.5 Å². The highest BCUT2D eigenvalue weighted by Crippen LogP contribution is 2.33. The van der Waals surface area contributed by atoms with Crippen LogP contribution < -0.4 is 15.0 Å². The van der Waals surface area contributed by atoms with Crippen LogP contribution in [0.2, 0.25) is 0 Å². The molecule has 142 valence electrons. The summed E-state index contributed by atoms with van der Waals surface area (Å²) in [4.78, 5) is 17.3. The lowest BCUT2D eigenvalue weighted by molar-refractivity contribution is 0.207. The van der Waals surface area contributed by atoms with Gasteiger partial charge in [-0.2, -0.15) is 0 Å². The number of hydrogen-bond donors (Lipinski definition) is 1. The number of carbonyl (C=O) groups is 1. The van der Waals surface area contributed by atoms with Crippen LogP contribution in [0.25, 0.3) is 0 Å². The van der Waals surface area contributed by atoms with Gasteiger partial charge in [-0.05, 0) is 61.6 Å². The van der Waals surface area contributed by atoms with E-state index < -0.39 is 0 Å². The zero-order chi connectivity index (χ0) is 18.6. The minimum Gasteiger partial charge on any atom is -0.497 e. The van der Waals surface area contributed by atoms with Crippen LogP contribution in [0.1, 0.15) is 37.3 Å². The molecule has 2 aliphatic heterocycles. The zero-order valence-corrected chi connectivity index (χ0v) is 15.9. The standard InChI is InChI=1S/C22H27N3O2/c1-27-20-11-9-17(10-12-20)21-8-5-15-25(21)22(26)23-18-6-4-7-19(16-18)24-13-2-3-14-24/h4,6-7,9-12,16,21H,2-3,5,8,13-15H2,1H3,(H,23,26)/t21-/m1/s1. The smallest absolute Gasteiger partial charge is 0.322 e. The fourth-order valence-corrected chi connectivity index (χ4v) is 4.13. The van der Waals surface area contributed by atoms with E-state index in [0.29, 0.717) is 0 Å². The molecular weight excluding hydrogens is 338 g/mol. The lowest BCUT2D eigenvalue weighted by Gasteiger charge is -2.26. The van der Waals surface area contributed by atoms with Gasteiger partial charge in [0.05, 0.1) is 13.2 Å². The first-order valence-electron chi connectivity index (χ1n) is 9.81. The summed E-state index contributed by atoms with van der Waals surface area (Å²) in [6, 6.07) is 16.3. The van der Waals surface area contributed by atoms with Crippen molar-refractivity contribution in [3.05, 3.63) is 54.1 Å². The lowest BCUT2D eigenvalue weighted by atomic mass is 10.0. The number of rotatable bonds is 4. The third-order valence-corrected chi connectivity index (χ3v) is 5.58. The first kappa shape index (κ1) is 17.7. The van der Waals surface area contributed by atoms with E-state index in [4.69, 9.17) is 4.74 Å². The van der Waals surface area contributed by atoms with Crippen molar-refractivity contribution in [1.29, 1.82) is 0 Å². The van der Waals surface area contributed by atoms with E-state index in [1.807, 2.05) is 29.2 Å². The Morgan fingerprint density at radius 2 is 1.81 bits per heavy atom. The molecule has 0 bridgehead atoms. The quantitative estimate of drug-likeness (QED) is 0.857. The SMILES string of the molecule is COc1ccc([C@H]2CCCN2C(=O)Nc2cccc(N3CCCC3)c2)cc1. The summed E-state index contributed by atoms with van der Waals surface area (Å²) in [5.41, 5.74) is 3.22. The minimum atomic E-state index is -0.0214. The highest BCUT2D eigenvalue weighted by atomic mass is 16.5. The van der Waals surface area contributed by atoms with Gasteiger partial charge in [-0.15, -0.1) is 0 Å². The van der Waals surface area contributed by atoms with Crippen molar-refractivity contribution in [3.63, 3.8) is 0 Å². The van der Waals surface area contributed by atoms with Gasteiger partial charge in [-0.1, -0.05) is 18.2 Å². The normalized spacial score (nSPS) is 19.4. The Morgan fingerprint density at radius 3 is 2.56 bits per heavy atom. The van der Waals surface area contributed by atoms with Gasteiger partial charge < -0.3 is 19.9 Å². The number of carbonyl (C=O) groups excluding carboxylic acids is 1. The molecule has 0 saturated carbocycles. The number of nitrogens with one attached hydrogen (secondary N) is 1. The van der Waals surface area contributed by atoms with Gasteiger partial charge in [0.25, 0.3) is 0 Å². The second kappa shape index (κ2) is 7.91. The van der Waals surface area contributed by atoms with Crippen LogP contribution >= 0.6 is 0 Å². The van der Waals surface area contributed by atoms with Crippen molar-refractivity contribution in [2.45, 2.75) is 31.7 Å². The minimum absolute atomic E-state index is 0.0214. The van der Waals surface area contributed by atoms with Gasteiger partial charge in [0, 0.05) is 31.0 Å². The van der Waals surface area contributed by atoms with Crippen molar-refractivity contribution in [2.75, 3.05) is 37.0 Å². The molecule has 5 heteroatoms. The third kappa shape index (κ3) is 3.87. The topological polar surface area (TPSA) is 44.8 Å². The molecule has 27 heavy (non-hydrogen) atoms. The van der Waals surface area contributed by atoms with Crippen LogP contribution in [0.5, 0.6) is 5.75 Å². The molecule has 0 radical (unpaired) electrons. The van der Waals surface area contributed by atoms with Crippen molar-refractivity contribution in [2.24, 2.45) is 0 Å². The van der Waals surface area contributed by atoms with Gasteiger partial charge in [0.15, 0.2) is 0 Å². The van der Waals surface area contributed by atoms with Gasteiger partial charge in [-0.3, -0.25) is 0 Å². The first-order chi connectivity index (χ1) is 13.2. The Hall–Kier alpha value is -2.69. The lowest BCUT2D eigenvalue weighted by Crippen LogP contribution is -2.34. The Bertz CT molecular complexity index is 784. The molecule has 0 unspecified atom stereocenters.